The van der Waals surface area contributed by atoms with Gasteiger partial charge in [0.25, 0.3) is 0 Å². The summed E-state index contributed by atoms with van der Waals surface area (Å²) in [4.78, 5) is 24.5. The molecule has 0 spiro atoms. The molecule has 34 heavy (non-hydrogen) atoms. The summed E-state index contributed by atoms with van der Waals surface area (Å²) in [6.45, 7) is 1.98. The fourth-order valence-corrected chi connectivity index (χ4v) is 4.08. The number of esters is 2. The Kier molecular flexibility index (Phi) is 7.07. The van der Waals surface area contributed by atoms with E-state index in [-0.39, 0.29) is 6.61 Å². The summed E-state index contributed by atoms with van der Waals surface area (Å²) in [5, 5.41) is 13.8. The number of fused-ring (bicyclic) bond motifs is 1. The Morgan fingerprint density at radius 3 is 2.44 bits per heavy atom. The van der Waals surface area contributed by atoms with Gasteiger partial charge in [0.1, 0.15) is 5.75 Å². The number of ether oxygens (including phenoxy) is 3. The van der Waals surface area contributed by atoms with E-state index in [4.69, 9.17) is 19.3 Å². The zero-order valence-corrected chi connectivity index (χ0v) is 19.7. The maximum absolute atomic E-state index is 12.8. The van der Waals surface area contributed by atoms with E-state index in [9.17, 15) is 9.59 Å². The van der Waals surface area contributed by atoms with Crippen LogP contribution in [0.2, 0.25) is 0 Å². The van der Waals surface area contributed by atoms with E-state index in [0.29, 0.717) is 39.1 Å². The number of methoxy groups -OCH3 is 2. The van der Waals surface area contributed by atoms with E-state index in [2.05, 4.69) is 10.2 Å². The zero-order valence-electron chi connectivity index (χ0n) is 18.8. The van der Waals surface area contributed by atoms with Gasteiger partial charge in [-0.05, 0) is 55.0 Å². The molecule has 0 radical (unpaired) electrons. The third-order valence-electron chi connectivity index (χ3n) is 4.97. The molecule has 1 aliphatic rings. The van der Waals surface area contributed by atoms with Crippen LogP contribution in [0.3, 0.4) is 0 Å². The van der Waals surface area contributed by atoms with E-state index >= 15 is 0 Å². The second kappa shape index (κ2) is 10.3. The zero-order chi connectivity index (χ0) is 24.1. The normalized spacial score (nSPS) is 13.0. The predicted octanol–water partition coefficient (Wildman–Crippen LogP) is 3.70. The van der Waals surface area contributed by atoms with Gasteiger partial charge in [-0.2, -0.15) is 9.78 Å². The van der Waals surface area contributed by atoms with Crippen molar-refractivity contribution in [2.45, 2.75) is 12.1 Å². The van der Waals surface area contributed by atoms with E-state index < -0.39 is 11.9 Å². The molecule has 174 valence electrons. The minimum atomic E-state index is -0.485. The van der Waals surface area contributed by atoms with E-state index in [1.165, 1.54) is 18.9 Å². The standard InChI is InChI=1S/C24H22N4O5S/c1-4-33-23(30)19(13-15-5-7-17(8-6-15)22(29)32-3)20-14-34-24-26-25-21(28(24)27-20)16-9-11-18(31-2)12-10-16/h5-13H,4,14H2,1-3H3/b19-13-. The first-order chi connectivity index (χ1) is 16.5. The molecule has 2 heterocycles. The van der Waals surface area contributed by atoms with Gasteiger partial charge in [-0.15, -0.1) is 10.2 Å². The lowest BCUT2D eigenvalue weighted by atomic mass is 10.1. The molecular formula is C24H22N4O5S. The molecule has 3 aromatic rings. The van der Waals surface area contributed by atoms with Crippen molar-refractivity contribution in [1.29, 1.82) is 0 Å². The van der Waals surface area contributed by atoms with Gasteiger partial charge in [0, 0.05) is 11.3 Å². The largest absolute Gasteiger partial charge is 0.497 e. The van der Waals surface area contributed by atoms with Crippen molar-refractivity contribution < 1.29 is 23.8 Å². The highest BCUT2D eigenvalue weighted by molar-refractivity contribution is 7.99. The van der Waals surface area contributed by atoms with E-state index in [1.54, 1.807) is 49.1 Å². The Labute approximate surface area is 200 Å². The molecule has 1 aromatic heterocycles. The number of hydrogen-bond donors (Lipinski definition) is 0. The van der Waals surface area contributed by atoms with Crippen LogP contribution in [-0.4, -0.2) is 59.1 Å². The number of benzene rings is 2. The SMILES string of the molecule is CCOC(=O)/C(=C\c1ccc(C(=O)OC)cc1)C1=Nn2c(nnc2-c2ccc(OC)cc2)SC1. The summed E-state index contributed by atoms with van der Waals surface area (Å²) in [7, 11) is 2.93. The average Bonchev–Trinajstić information content (AvgIpc) is 3.30. The van der Waals surface area contributed by atoms with Crippen LogP contribution in [0.4, 0.5) is 0 Å². The Morgan fingerprint density at radius 2 is 1.79 bits per heavy atom. The molecule has 0 saturated carbocycles. The number of hydrogen-bond acceptors (Lipinski definition) is 9. The van der Waals surface area contributed by atoms with Gasteiger partial charge in [0.2, 0.25) is 5.16 Å². The van der Waals surface area contributed by atoms with Gasteiger partial charge in [-0.25, -0.2) is 9.59 Å². The van der Waals surface area contributed by atoms with Crippen molar-refractivity contribution in [1.82, 2.24) is 14.9 Å². The smallest absolute Gasteiger partial charge is 0.340 e. The molecule has 0 aliphatic carbocycles. The lowest BCUT2D eigenvalue weighted by molar-refractivity contribution is -0.137. The van der Waals surface area contributed by atoms with Crippen molar-refractivity contribution in [3.05, 3.63) is 65.2 Å². The van der Waals surface area contributed by atoms with Gasteiger partial charge >= 0.3 is 11.9 Å². The van der Waals surface area contributed by atoms with Crippen LogP contribution in [0.5, 0.6) is 5.75 Å². The second-order valence-corrected chi connectivity index (χ2v) is 8.02. The van der Waals surface area contributed by atoms with Crippen LogP contribution in [0.25, 0.3) is 17.5 Å². The first-order valence-electron chi connectivity index (χ1n) is 10.4. The maximum Gasteiger partial charge on any atom is 0.340 e. The van der Waals surface area contributed by atoms with Crippen molar-refractivity contribution >= 4 is 35.5 Å². The monoisotopic (exact) mass is 478 g/mol. The molecule has 9 nitrogen and oxygen atoms in total. The average molecular weight is 479 g/mol. The molecule has 0 unspecified atom stereocenters. The summed E-state index contributed by atoms with van der Waals surface area (Å²) >= 11 is 1.43. The lowest BCUT2D eigenvalue weighted by Crippen LogP contribution is -2.21. The second-order valence-electron chi connectivity index (χ2n) is 7.07. The first-order valence-corrected chi connectivity index (χ1v) is 11.4. The quantitative estimate of drug-likeness (QED) is 0.374. The molecule has 0 amide bonds. The fourth-order valence-electron chi connectivity index (χ4n) is 3.25. The molecule has 4 rings (SSSR count). The van der Waals surface area contributed by atoms with Crippen LogP contribution in [0, 0.1) is 0 Å². The van der Waals surface area contributed by atoms with Crippen molar-refractivity contribution in [3.8, 4) is 17.1 Å². The van der Waals surface area contributed by atoms with Crippen LogP contribution >= 0.6 is 11.8 Å². The Morgan fingerprint density at radius 1 is 1.06 bits per heavy atom. The van der Waals surface area contributed by atoms with Gasteiger partial charge < -0.3 is 14.2 Å². The van der Waals surface area contributed by atoms with Gasteiger partial charge in [-0.3, -0.25) is 0 Å². The third kappa shape index (κ3) is 4.86. The summed E-state index contributed by atoms with van der Waals surface area (Å²) in [6.07, 6.45) is 1.70. The molecule has 2 aromatic carbocycles. The summed E-state index contributed by atoms with van der Waals surface area (Å²) in [6, 6.07) is 14.1. The molecule has 0 atom stereocenters. The molecule has 0 saturated heterocycles. The first kappa shape index (κ1) is 23.2. The number of thioether (sulfide) groups is 1. The highest BCUT2D eigenvalue weighted by Gasteiger charge is 2.25. The van der Waals surface area contributed by atoms with Crippen LogP contribution in [0.1, 0.15) is 22.8 Å². The lowest BCUT2D eigenvalue weighted by Gasteiger charge is -2.16. The maximum atomic E-state index is 12.8. The van der Waals surface area contributed by atoms with Crippen LogP contribution in [0.15, 0.2) is 64.4 Å². The van der Waals surface area contributed by atoms with Crippen LogP contribution < -0.4 is 4.74 Å². The van der Waals surface area contributed by atoms with Crippen molar-refractivity contribution in [2.24, 2.45) is 5.10 Å². The van der Waals surface area contributed by atoms with E-state index in [1.807, 2.05) is 24.3 Å². The number of nitrogens with zero attached hydrogens (tertiary/aromatic N) is 4. The van der Waals surface area contributed by atoms with Gasteiger partial charge in [-0.1, -0.05) is 23.9 Å². The van der Waals surface area contributed by atoms with Gasteiger partial charge in [0.15, 0.2) is 5.82 Å². The Hall–Kier alpha value is -3.92. The summed E-state index contributed by atoms with van der Waals surface area (Å²) in [5.41, 5.74) is 2.79. The van der Waals surface area contributed by atoms with Crippen LogP contribution in [-0.2, 0) is 14.3 Å². The highest BCUT2D eigenvalue weighted by atomic mass is 32.2. The number of rotatable bonds is 7. The van der Waals surface area contributed by atoms with E-state index in [0.717, 1.165) is 11.3 Å². The molecular weight excluding hydrogens is 456 g/mol. The fraction of sp³-hybridized carbons (Fsp3) is 0.208. The minimum absolute atomic E-state index is 0.229. The van der Waals surface area contributed by atoms with Crippen molar-refractivity contribution in [3.63, 3.8) is 0 Å². The van der Waals surface area contributed by atoms with Crippen molar-refractivity contribution in [2.75, 3.05) is 26.6 Å². The summed E-state index contributed by atoms with van der Waals surface area (Å²) < 4.78 is 16.9. The number of carbonyl (C=O) groups is 2. The molecule has 0 N–H and O–H groups in total. The molecule has 10 heteroatoms. The number of aromatic nitrogens is 3. The molecule has 0 bridgehead atoms. The third-order valence-corrected chi connectivity index (χ3v) is 5.90. The predicted molar refractivity (Wildman–Crippen MR) is 128 cm³/mol. The van der Waals surface area contributed by atoms with Gasteiger partial charge in [0.05, 0.1) is 37.7 Å². The summed E-state index contributed by atoms with van der Waals surface area (Å²) in [5.74, 6) is 0.785. The number of carbonyl (C=O) groups excluding carboxylic acids is 2. The highest BCUT2D eigenvalue weighted by Crippen LogP contribution is 2.30. The Bertz CT molecular complexity index is 1260. The molecule has 0 fully saturated rings. The minimum Gasteiger partial charge on any atom is -0.497 e. The molecule has 1 aliphatic heterocycles. The Balaban J connectivity index is 1.72. The topological polar surface area (TPSA) is 105 Å².